The second-order valence-electron chi connectivity index (χ2n) is 5.11. The molecule has 0 bridgehead atoms. The van der Waals surface area contributed by atoms with E-state index in [2.05, 4.69) is 25.8 Å². The number of morpholine rings is 1. The molecule has 8 nitrogen and oxygen atoms in total. The highest BCUT2D eigenvalue weighted by atomic mass is 16.5. The van der Waals surface area contributed by atoms with Gasteiger partial charge in [-0.25, -0.2) is 4.68 Å². The van der Waals surface area contributed by atoms with Crippen molar-refractivity contribution in [2.45, 2.75) is 6.04 Å². The third-order valence-electron chi connectivity index (χ3n) is 3.69. The number of carbonyl (C=O) groups is 1. The van der Waals surface area contributed by atoms with Crippen LogP contribution in [0, 0.1) is 0 Å². The maximum absolute atomic E-state index is 11.9. The quantitative estimate of drug-likeness (QED) is 0.682. The average molecular weight is 280 g/mol. The summed E-state index contributed by atoms with van der Waals surface area (Å²) < 4.78 is 7.04. The van der Waals surface area contributed by atoms with Crippen molar-refractivity contribution < 1.29 is 9.53 Å². The molecular weight excluding hydrogens is 260 g/mol. The molecule has 0 spiro atoms. The summed E-state index contributed by atoms with van der Waals surface area (Å²) in [5, 5.41) is 14.0. The van der Waals surface area contributed by atoms with Gasteiger partial charge in [-0.15, -0.1) is 5.10 Å². The lowest BCUT2D eigenvalue weighted by Crippen LogP contribution is -2.43. The molecule has 2 fully saturated rings. The Kier molecular flexibility index (Phi) is 4.24. The van der Waals surface area contributed by atoms with Crippen LogP contribution in [0.4, 0.5) is 0 Å². The highest BCUT2D eigenvalue weighted by Crippen LogP contribution is 2.09. The van der Waals surface area contributed by atoms with Crippen molar-refractivity contribution in [2.75, 3.05) is 52.5 Å². The van der Waals surface area contributed by atoms with E-state index in [-0.39, 0.29) is 5.91 Å². The Labute approximate surface area is 117 Å². The molecule has 2 aliphatic rings. The number of hydrogen-bond donors (Lipinski definition) is 2. The molecule has 3 rings (SSSR count). The predicted molar refractivity (Wildman–Crippen MR) is 71.5 cm³/mol. The van der Waals surface area contributed by atoms with Crippen molar-refractivity contribution in [3.63, 3.8) is 0 Å². The number of nitrogens with one attached hydrogen (secondary N) is 2. The van der Waals surface area contributed by atoms with E-state index in [4.69, 9.17) is 4.74 Å². The minimum absolute atomic E-state index is 0.156. The molecule has 1 amide bonds. The summed E-state index contributed by atoms with van der Waals surface area (Å²) in [5.74, 6) is -0.156. The van der Waals surface area contributed by atoms with Gasteiger partial charge in [0.1, 0.15) is 0 Å². The first-order valence-electron chi connectivity index (χ1n) is 7.04. The van der Waals surface area contributed by atoms with Crippen molar-refractivity contribution in [1.82, 2.24) is 30.5 Å². The number of amides is 1. The fourth-order valence-corrected chi connectivity index (χ4v) is 2.26. The first-order chi connectivity index (χ1) is 9.83. The topological polar surface area (TPSA) is 84.3 Å². The second-order valence-corrected chi connectivity index (χ2v) is 5.11. The molecular formula is C12H20N6O2. The first-order valence-corrected chi connectivity index (χ1v) is 7.04. The van der Waals surface area contributed by atoms with Crippen LogP contribution in [0.25, 0.3) is 0 Å². The number of ether oxygens (including phenoxy) is 1. The van der Waals surface area contributed by atoms with Crippen LogP contribution in [-0.2, 0) is 4.74 Å². The fourth-order valence-electron chi connectivity index (χ4n) is 2.26. The third kappa shape index (κ3) is 3.14. The molecule has 0 saturated carbocycles. The van der Waals surface area contributed by atoms with Gasteiger partial charge in [0, 0.05) is 39.3 Å². The van der Waals surface area contributed by atoms with E-state index < -0.39 is 0 Å². The number of aromatic nitrogens is 3. The number of rotatable bonds is 5. The lowest BCUT2D eigenvalue weighted by molar-refractivity contribution is 0.0383. The lowest BCUT2D eigenvalue weighted by Gasteiger charge is -2.26. The van der Waals surface area contributed by atoms with Gasteiger partial charge in [0.25, 0.3) is 5.91 Å². The lowest BCUT2D eigenvalue weighted by atomic mass is 10.2. The molecule has 1 aromatic heterocycles. The van der Waals surface area contributed by atoms with Gasteiger partial charge < -0.3 is 15.4 Å². The van der Waals surface area contributed by atoms with Crippen LogP contribution in [-0.4, -0.2) is 78.3 Å². The summed E-state index contributed by atoms with van der Waals surface area (Å²) in [6.45, 7) is 6.66. The molecule has 0 aromatic carbocycles. The zero-order valence-corrected chi connectivity index (χ0v) is 11.4. The summed E-state index contributed by atoms with van der Waals surface area (Å²) in [6.07, 6.45) is 1.72. The van der Waals surface area contributed by atoms with E-state index >= 15 is 0 Å². The van der Waals surface area contributed by atoms with Crippen molar-refractivity contribution in [3.8, 4) is 0 Å². The first kappa shape index (κ1) is 13.5. The average Bonchev–Trinajstić information content (AvgIpc) is 2.87. The van der Waals surface area contributed by atoms with E-state index in [1.165, 1.54) is 0 Å². The number of hydrogen-bond acceptors (Lipinski definition) is 6. The SMILES string of the molecule is O=C(NCCN1CCOCC1)c1cn(C2CNC2)nn1. The smallest absolute Gasteiger partial charge is 0.273 e. The van der Waals surface area contributed by atoms with E-state index in [1.54, 1.807) is 10.9 Å². The Hall–Kier alpha value is -1.51. The van der Waals surface area contributed by atoms with E-state index in [9.17, 15) is 4.79 Å². The number of nitrogens with zero attached hydrogens (tertiary/aromatic N) is 4. The normalized spacial score (nSPS) is 20.6. The van der Waals surface area contributed by atoms with Crippen LogP contribution >= 0.6 is 0 Å². The standard InChI is InChI=1S/C12H20N6O2/c19-12(14-1-2-17-3-5-20-6-4-17)11-9-18(16-15-11)10-7-13-8-10/h9-10,13H,1-8H2,(H,14,19). The molecule has 0 unspecified atom stereocenters. The molecule has 0 atom stereocenters. The monoisotopic (exact) mass is 280 g/mol. The van der Waals surface area contributed by atoms with Gasteiger partial charge in [-0.1, -0.05) is 5.21 Å². The van der Waals surface area contributed by atoms with Gasteiger partial charge in [-0.3, -0.25) is 9.69 Å². The maximum Gasteiger partial charge on any atom is 0.273 e. The molecule has 8 heteroatoms. The van der Waals surface area contributed by atoms with Crippen LogP contribution in [0.15, 0.2) is 6.20 Å². The van der Waals surface area contributed by atoms with Crippen LogP contribution in [0.2, 0.25) is 0 Å². The number of carbonyl (C=O) groups excluding carboxylic acids is 1. The van der Waals surface area contributed by atoms with Gasteiger partial charge in [-0.2, -0.15) is 0 Å². The van der Waals surface area contributed by atoms with Gasteiger partial charge in [0.15, 0.2) is 5.69 Å². The molecule has 0 aliphatic carbocycles. The minimum Gasteiger partial charge on any atom is -0.379 e. The van der Waals surface area contributed by atoms with Crippen molar-refractivity contribution >= 4 is 5.91 Å². The van der Waals surface area contributed by atoms with Gasteiger partial charge in [0.05, 0.1) is 25.5 Å². The highest BCUT2D eigenvalue weighted by molar-refractivity contribution is 5.91. The molecule has 1 aromatic rings. The van der Waals surface area contributed by atoms with E-state index in [1.807, 2.05) is 0 Å². The summed E-state index contributed by atoms with van der Waals surface area (Å²) in [6, 6.07) is 0.331. The van der Waals surface area contributed by atoms with Crippen molar-refractivity contribution in [3.05, 3.63) is 11.9 Å². The van der Waals surface area contributed by atoms with Crippen LogP contribution in [0.1, 0.15) is 16.5 Å². The van der Waals surface area contributed by atoms with E-state index in [0.717, 1.165) is 45.9 Å². The Bertz CT molecular complexity index is 453. The van der Waals surface area contributed by atoms with E-state index in [0.29, 0.717) is 18.3 Å². The van der Waals surface area contributed by atoms with Crippen LogP contribution in [0.5, 0.6) is 0 Å². The second kappa shape index (κ2) is 6.29. The van der Waals surface area contributed by atoms with Gasteiger partial charge in [0.2, 0.25) is 0 Å². The largest absolute Gasteiger partial charge is 0.379 e. The molecule has 110 valence electrons. The predicted octanol–water partition coefficient (Wildman–Crippen LogP) is -1.52. The van der Waals surface area contributed by atoms with Crippen molar-refractivity contribution in [2.24, 2.45) is 0 Å². The van der Waals surface area contributed by atoms with Crippen LogP contribution < -0.4 is 10.6 Å². The minimum atomic E-state index is -0.156. The summed E-state index contributed by atoms with van der Waals surface area (Å²) >= 11 is 0. The molecule has 2 aliphatic heterocycles. The maximum atomic E-state index is 11.9. The zero-order valence-electron chi connectivity index (χ0n) is 11.4. The molecule has 20 heavy (non-hydrogen) atoms. The zero-order chi connectivity index (χ0) is 13.8. The molecule has 2 saturated heterocycles. The highest BCUT2D eigenvalue weighted by Gasteiger charge is 2.21. The Balaban J connectivity index is 1.42. The Morgan fingerprint density at radius 3 is 2.95 bits per heavy atom. The molecule has 2 N–H and O–H groups in total. The van der Waals surface area contributed by atoms with Crippen LogP contribution in [0.3, 0.4) is 0 Å². The Morgan fingerprint density at radius 2 is 2.25 bits per heavy atom. The molecule has 3 heterocycles. The Morgan fingerprint density at radius 1 is 1.45 bits per heavy atom. The fraction of sp³-hybridized carbons (Fsp3) is 0.750. The third-order valence-corrected chi connectivity index (χ3v) is 3.69. The summed E-state index contributed by atoms with van der Waals surface area (Å²) in [7, 11) is 0. The van der Waals surface area contributed by atoms with Gasteiger partial charge >= 0.3 is 0 Å². The van der Waals surface area contributed by atoms with Crippen molar-refractivity contribution in [1.29, 1.82) is 0 Å². The van der Waals surface area contributed by atoms with Gasteiger partial charge in [-0.05, 0) is 0 Å². The summed E-state index contributed by atoms with van der Waals surface area (Å²) in [5.41, 5.74) is 0.388. The molecule has 0 radical (unpaired) electrons. The summed E-state index contributed by atoms with van der Waals surface area (Å²) in [4.78, 5) is 14.2.